The number of ketones is 1. The lowest BCUT2D eigenvalue weighted by Gasteiger charge is -2.21. The summed E-state index contributed by atoms with van der Waals surface area (Å²) in [7, 11) is 0. The maximum absolute atomic E-state index is 13.2. The molecule has 0 aliphatic heterocycles. The second-order valence-electron chi connectivity index (χ2n) is 3.90. The quantitative estimate of drug-likeness (QED) is 0.757. The van der Waals surface area contributed by atoms with Crippen LogP contribution in [0, 0.1) is 11.7 Å². The summed E-state index contributed by atoms with van der Waals surface area (Å²) in [6, 6.07) is 2.61. The minimum absolute atomic E-state index is 0.107. The average molecular weight is 323 g/mol. The highest BCUT2D eigenvalue weighted by atomic mass is 35.5. The zero-order valence-corrected chi connectivity index (χ0v) is 10.2. The van der Waals surface area contributed by atoms with E-state index in [-0.39, 0.29) is 5.02 Å². The molecule has 0 bridgehead atoms. The van der Waals surface area contributed by atoms with Crippen LogP contribution in [0.2, 0.25) is 5.02 Å². The number of carbonyl (C=O) groups is 1. The van der Waals surface area contributed by atoms with Crippen molar-refractivity contribution in [2.45, 2.75) is 18.8 Å². The average Bonchev–Trinajstić information content (AvgIpc) is 2.18. The number of rotatable bonds is 3. The van der Waals surface area contributed by atoms with Crippen LogP contribution in [0.15, 0.2) is 18.2 Å². The van der Waals surface area contributed by atoms with Crippen molar-refractivity contribution in [3.05, 3.63) is 34.6 Å². The maximum atomic E-state index is 13.2. The van der Waals surface area contributed by atoms with Gasteiger partial charge in [-0.15, -0.1) is 0 Å². The first kappa shape index (κ1) is 16.7. The molecule has 0 spiro atoms. The van der Waals surface area contributed by atoms with E-state index >= 15 is 0 Å². The van der Waals surface area contributed by atoms with Crippen molar-refractivity contribution < 1.29 is 35.5 Å². The van der Waals surface area contributed by atoms with Gasteiger partial charge in [-0.2, -0.15) is 26.3 Å². The van der Waals surface area contributed by atoms with Crippen molar-refractivity contribution in [3.63, 3.8) is 0 Å². The van der Waals surface area contributed by atoms with Crippen molar-refractivity contribution in [2.24, 2.45) is 5.92 Å². The molecule has 0 fully saturated rings. The molecule has 0 saturated carbocycles. The Balaban J connectivity index is 3.07. The van der Waals surface area contributed by atoms with Gasteiger partial charge in [-0.05, 0) is 23.8 Å². The van der Waals surface area contributed by atoms with Crippen molar-refractivity contribution in [1.82, 2.24) is 0 Å². The molecule has 1 rings (SSSR count). The maximum Gasteiger partial charge on any atom is 0.407 e. The third-order valence-electron chi connectivity index (χ3n) is 2.35. The summed E-state index contributed by atoms with van der Waals surface area (Å²) >= 11 is 5.44. The number of hydrogen-bond donors (Lipinski definition) is 0. The fraction of sp³-hybridized carbons (Fsp3) is 0.364. The van der Waals surface area contributed by atoms with Crippen LogP contribution in [0.4, 0.5) is 30.7 Å². The standard InChI is InChI=1S/C11H6ClF7O/c12-6-1-2-7(13)5(3-6)4-8(20)9(10(14,15)16)11(17,18)19/h1-3,9H,4H2. The van der Waals surface area contributed by atoms with Crippen LogP contribution in [-0.4, -0.2) is 18.1 Å². The van der Waals surface area contributed by atoms with E-state index in [4.69, 9.17) is 11.6 Å². The van der Waals surface area contributed by atoms with E-state index in [0.717, 1.165) is 18.2 Å². The van der Waals surface area contributed by atoms with Gasteiger partial charge in [0.15, 0.2) is 5.78 Å². The van der Waals surface area contributed by atoms with E-state index in [1.807, 2.05) is 0 Å². The topological polar surface area (TPSA) is 17.1 Å². The predicted octanol–water partition coefficient (Wildman–Crippen LogP) is 4.33. The SMILES string of the molecule is O=C(Cc1cc(Cl)ccc1F)C(C(F)(F)F)C(F)(F)F. The van der Waals surface area contributed by atoms with Crippen molar-refractivity contribution in [1.29, 1.82) is 0 Å². The minimum atomic E-state index is -5.79. The molecule has 9 heteroatoms. The Hall–Kier alpha value is -1.31. The second kappa shape index (κ2) is 5.59. The molecule has 0 radical (unpaired) electrons. The van der Waals surface area contributed by atoms with Crippen LogP contribution in [0.3, 0.4) is 0 Å². The normalized spacial score (nSPS) is 12.8. The molecule has 0 aromatic heterocycles. The predicted molar refractivity (Wildman–Crippen MR) is 55.7 cm³/mol. The van der Waals surface area contributed by atoms with Crippen molar-refractivity contribution >= 4 is 17.4 Å². The number of halogens is 8. The molecule has 0 aliphatic carbocycles. The number of hydrogen-bond acceptors (Lipinski definition) is 1. The molecule has 1 aromatic carbocycles. The molecule has 0 saturated heterocycles. The highest BCUT2D eigenvalue weighted by Crippen LogP contribution is 2.40. The Morgan fingerprint density at radius 3 is 2.05 bits per heavy atom. The van der Waals surface area contributed by atoms with E-state index in [9.17, 15) is 35.5 Å². The Labute approximate surface area is 113 Å². The minimum Gasteiger partial charge on any atom is -0.298 e. The molecular formula is C11H6ClF7O. The molecule has 1 nitrogen and oxygen atoms in total. The van der Waals surface area contributed by atoms with E-state index in [1.54, 1.807) is 0 Å². The summed E-state index contributed by atoms with van der Waals surface area (Å²) in [5, 5.41) is -0.107. The van der Waals surface area contributed by atoms with Gasteiger partial charge < -0.3 is 0 Å². The zero-order valence-electron chi connectivity index (χ0n) is 9.45. The van der Waals surface area contributed by atoms with Gasteiger partial charge in [-0.25, -0.2) is 4.39 Å². The van der Waals surface area contributed by atoms with Crippen LogP contribution in [0.5, 0.6) is 0 Å². The first-order valence-corrected chi connectivity index (χ1v) is 5.41. The molecule has 0 N–H and O–H groups in total. The van der Waals surface area contributed by atoms with E-state index in [2.05, 4.69) is 0 Å². The molecular weight excluding hydrogens is 317 g/mol. The van der Waals surface area contributed by atoms with E-state index in [1.165, 1.54) is 0 Å². The molecule has 0 amide bonds. The fourth-order valence-electron chi connectivity index (χ4n) is 1.52. The molecule has 0 atom stereocenters. The molecule has 1 aromatic rings. The summed E-state index contributed by atoms with van der Waals surface area (Å²) in [5.41, 5.74) is -0.624. The molecule has 20 heavy (non-hydrogen) atoms. The molecule has 0 unspecified atom stereocenters. The Morgan fingerprint density at radius 2 is 1.60 bits per heavy atom. The summed E-state index contributed by atoms with van der Waals surface area (Å²) in [6.45, 7) is 0. The van der Waals surface area contributed by atoms with Crippen LogP contribution in [0.1, 0.15) is 5.56 Å². The number of carbonyl (C=O) groups excluding carboxylic acids is 1. The van der Waals surface area contributed by atoms with Crippen LogP contribution < -0.4 is 0 Å². The van der Waals surface area contributed by atoms with E-state index in [0.29, 0.717) is 0 Å². The Bertz CT molecular complexity index is 492. The molecule has 0 heterocycles. The van der Waals surface area contributed by atoms with E-state index < -0.39 is 41.9 Å². The third-order valence-corrected chi connectivity index (χ3v) is 2.58. The monoisotopic (exact) mass is 322 g/mol. The van der Waals surface area contributed by atoms with Crippen molar-refractivity contribution in [2.75, 3.05) is 0 Å². The molecule has 112 valence electrons. The number of benzene rings is 1. The summed E-state index contributed by atoms with van der Waals surface area (Å²) in [5.74, 6) is -7.44. The van der Waals surface area contributed by atoms with Gasteiger partial charge in [-0.3, -0.25) is 4.79 Å². The van der Waals surface area contributed by atoms with Crippen LogP contribution >= 0.6 is 11.6 Å². The van der Waals surface area contributed by atoms with Gasteiger partial charge in [0.05, 0.1) is 0 Å². The largest absolute Gasteiger partial charge is 0.407 e. The third kappa shape index (κ3) is 4.09. The lowest BCUT2D eigenvalue weighted by atomic mass is 9.96. The number of Topliss-reactive ketones (excluding diaryl/α,β-unsaturated/α-hetero) is 1. The smallest absolute Gasteiger partial charge is 0.298 e. The summed E-state index contributed by atoms with van der Waals surface area (Å²) in [6.07, 6.45) is -12.9. The fourth-order valence-corrected chi connectivity index (χ4v) is 1.71. The highest BCUT2D eigenvalue weighted by Gasteiger charge is 2.60. The number of alkyl halides is 6. The summed E-state index contributed by atoms with van der Waals surface area (Å²) in [4.78, 5) is 11.2. The highest BCUT2D eigenvalue weighted by molar-refractivity contribution is 6.30. The molecule has 0 aliphatic rings. The summed E-state index contributed by atoms with van der Waals surface area (Å²) < 4.78 is 86.9. The van der Waals surface area contributed by atoms with Gasteiger partial charge >= 0.3 is 12.4 Å². The lowest BCUT2D eigenvalue weighted by Crippen LogP contribution is -2.43. The second-order valence-corrected chi connectivity index (χ2v) is 4.33. The first-order valence-electron chi connectivity index (χ1n) is 5.03. The lowest BCUT2D eigenvalue weighted by molar-refractivity contribution is -0.273. The van der Waals surface area contributed by atoms with Gasteiger partial charge in [-0.1, -0.05) is 11.6 Å². The van der Waals surface area contributed by atoms with Gasteiger partial charge in [0.1, 0.15) is 5.82 Å². The van der Waals surface area contributed by atoms with Crippen molar-refractivity contribution in [3.8, 4) is 0 Å². The Morgan fingerprint density at radius 1 is 1.10 bits per heavy atom. The van der Waals surface area contributed by atoms with Crippen LogP contribution in [0.25, 0.3) is 0 Å². The van der Waals surface area contributed by atoms with Gasteiger partial charge in [0.2, 0.25) is 5.92 Å². The van der Waals surface area contributed by atoms with Crippen LogP contribution in [-0.2, 0) is 11.2 Å². The Kier molecular flexibility index (Phi) is 4.68. The zero-order chi connectivity index (χ0) is 15.7. The van der Waals surface area contributed by atoms with Gasteiger partial charge in [0.25, 0.3) is 0 Å². The van der Waals surface area contributed by atoms with Gasteiger partial charge in [0, 0.05) is 11.4 Å². The first-order chi connectivity index (χ1) is 8.93.